The number of carbonyl (C=O) groups is 2. The van der Waals surface area contributed by atoms with Crippen LogP contribution in [0, 0.1) is 6.92 Å². The molecule has 5 nitrogen and oxygen atoms in total. The lowest BCUT2D eigenvalue weighted by molar-refractivity contribution is -0.125. The number of benzene rings is 1. The molecule has 1 aromatic carbocycles. The number of hydrogen-bond acceptors (Lipinski definition) is 3. The molecule has 3 rings (SSSR count). The number of nitrogens with one attached hydrogen (secondary N) is 3. The van der Waals surface area contributed by atoms with E-state index in [0.29, 0.717) is 24.9 Å². The van der Waals surface area contributed by atoms with Gasteiger partial charge in [0.1, 0.15) is 5.54 Å². The lowest BCUT2D eigenvalue weighted by atomic mass is 9.79. The second-order valence-corrected chi connectivity index (χ2v) is 7.23. The summed E-state index contributed by atoms with van der Waals surface area (Å²) in [6.07, 6.45) is 5.35. The first-order valence-electron chi connectivity index (χ1n) is 8.96. The molecule has 0 aromatic heterocycles. The normalized spacial score (nSPS) is 27.8. The van der Waals surface area contributed by atoms with Crippen molar-refractivity contribution < 1.29 is 9.59 Å². The van der Waals surface area contributed by atoms with Gasteiger partial charge in [-0.3, -0.25) is 10.1 Å². The third-order valence-electron chi connectivity index (χ3n) is 5.42. The molecular formula is C19H27N3O2. The highest BCUT2D eigenvalue weighted by atomic mass is 16.2. The maximum atomic E-state index is 12.0. The van der Waals surface area contributed by atoms with Crippen molar-refractivity contribution in [3.8, 4) is 0 Å². The second kappa shape index (κ2) is 6.93. The van der Waals surface area contributed by atoms with Crippen molar-refractivity contribution >= 4 is 11.9 Å². The number of hydrogen-bond donors (Lipinski definition) is 3. The van der Waals surface area contributed by atoms with E-state index < -0.39 is 5.54 Å². The van der Waals surface area contributed by atoms with Gasteiger partial charge in [0.05, 0.1) is 0 Å². The first-order chi connectivity index (χ1) is 11.5. The highest BCUT2D eigenvalue weighted by Gasteiger charge is 2.48. The molecule has 5 heteroatoms. The summed E-state index contributed by atoms with van der Waals surface area (Å²) in [5, 5.41) is 8.95. The van der Waals surface area contributed by atoms with Crippen molar-refractivity contribution in [2.24, 2.45) is 0 Å². The Kier molecular flexibility index (Phi) is 4.90. The summed E-state index contributed by atoms with van der Waals surface area (Å²) < 4.78 is 0. The molecule has 0 bridgehead atoms. The molecule has 130 valence electrons. The van der Waals surface area contributed by atoms with Crippen molar-refractivity contribution in [3.05, 3.63) is 35.4 Å². The van der Waals surface area contributed by atoms with E-state index in [1.807, 2.05) is 0 Å². The fourth-order valence-electron chi connectivity index (χ4n) is 3.82. The van der Waals surface area contributed by atoms with Crippen LogP contribution in [-0.4, -0.2) is 29.6 Å². The van der Waals surface area contributed by atoms with Crippen molar-refractivity contribution in [2.45, 2.75) is 70.0 Å². The van der Waals surface area contributed by atoms with Gasteiger partial charge in [0.2, 0.25) is 0 Å². The SMILES string of the molecule is CCC(Cc1ccc(C)cc1)NC1CCC2(CC1)NC(=O)NC2=O. The smallest absolute Gasteiger partial charge is 0.322 e. The zero-order valence-electron chi connectivity index (χ0n) is 14.5. The van der Waals surface area contributed by atoms with Gasteiger partial charge >= 0.3 is 6.03 Å². The van der Waals surface area contributed by atoms with Gasteiger partial charge in [-0.25, -0.2) is 4.79 Å². The Morgan fingerprint density at radius 2 is 1.88 bits per heavy atom. The summed E-state index contributed by atoms with van der Waals surface area (Å²) in [5.74, 6) is -0.155. The number of aryl methyl sites for hydroxylation is 1. The fraction of sp³-hybridized carbons (Fsp3) is 0.579. The Morgan fingerprint density at radius 3 is 2.42 bits per heavy atom. The van der Waals surface area contributed by atoms with Crippen LogP contribution >= 0.6 is 0 Å². The molecule has 1 aromatic rings. The summed E-state index contributed by atoms with van der Waals surface area (Å²) in [7, 11) is 0. The molecule has 1 spiro atoms. The number of urea groups is 1. The molecule has 1 heterocycles. The van der Waals surface area contributed by atoms with Crippen molar-refractivity contribution in [1.29, 1.82) is 0 Å². The Balaban J connectivity index is 1.53. The van der Waals surface area contributed by atoms with E-state index in [1.54, 1.807) is 0 Å². The summed E-state index contributed by atoms with van der Waals surface area (Å²) in [5.41, 5.74) is 1.98. The highest BCUT2D eigenvalue weighted by Crippen LogP contribution is 2.31. The van der Waals surface area contributed by atoms with Crippen molar-refractivity contribution in [2.75, 3.05) is 0 Å². The molecule has 1 saturated heterocycles. The quantitative estimate of drug-likeness (QED) is 0.727. The average molecular weight is 329 g/mol. The number of carbonyl (C=O) groups excluding carboxylic acids is 2. The summed E-state index contributed by atoms with van der Waals surface area (Å²) in [6, 6.07) is 9.23. The zero-order valence-corrected chi connectivity index (χ0v) is 14.5. The van der Waals surface area contributed by atoms with Crippen molar-refractivity contribution in [3.63, 3.8) is 0 Å². The molecule has 3 N–H and O–H groups in total. The fourth-order valence-corrected chi connectivity index (χ4v) is 3.82. The zero-order chi connectivity index (χ0) is 17.2. The van der Waals surface area contributed by atoms with E-state index in [4.69, 9.17) is 0 Å². The Hall–Kier alpha value is -1.88. The molecule has 1 atom stereocenters. The summed E-state index contributed by atoms with van der Waals surface area (Å²) in [4.78, 5) is 23.4. The molecule has 1 saturated carbocycles. The van der Waals surface area contributed by atoms with Gasteiger partial charge < -0.3 is 10.6 Å². The number of rotatable bonds is 5. The van der Waals surface area contributed by atoms with Crippen LogP contribution in [0.5, 0.6) is 0 Å². The van der Waals surface area contributed by atoms with Gasteiger partial charge in [-0.1, -0.05) is 36.8 Å². The predicted molar refractivity (Wildman–Crippen MR) is 93.8 cm³/mol. The van der Waals surface area contributed by atoms with Crippen LogP contribution < -0.4 is 16.0 Å². The second-order valence-electron chi connectivity index (χ2n) is 7.23. The van der Waals surface area contributed by atoms with Gasteiger partial charge in [-0.2, -0.15) is 0 Å². The molecule has 3 amide bonds. The minimum absolute atomic E-state index is 0.155. The topological polar surface area (TPSA) is 70.2 Å². The first kappa shape index (κ1) is 17.0. The molecule has 1 aliphatic carbocycles. The molecule has 24 heavy (non-hydrogen) atoms. The van der Waals surface area contributed by atoms with E-state index in [9.17, 15) is 9.59 Å². The van der Waals surface area contributed by atoms with E-state index in [-0.39, 0.29) is 11.9 Å². The first-order valence-corrected chi connectivity index (χ1v) is 8.96. The molecule has 1 unspecified atom stereocenters. The summed E-state index contributed by atoms with van der Waals surface area (Å²) >= 11 is 0. The Morgan fingerprint density at radius 1 is 1.21 bits per heavy atom. The summed E-state index contributed by atoms with van der Waals surface area (Å²) in [6.45, 7) is 4.32. The average Bonchev–Trinajstić information content (AvgIpc) is 2.84. The molecule has 2 fully saturated rings. The molecule has 2 aliphatic rings. The van der Waals surface area contributed by atoms with Gasteiger partial charge in [0, 0.05) is 12.1 Å². The van der Waals surface area contributed by atoms with Crippen LogP contribution in [0.3, 0.4) is 0 Å². The van der Waals surface area contributed by atoms with E-state index in [2.05, 4.69) is 54.1 Å². The maximum Gasteiger partial charge on any atom is 0.322 e. The van der Waals surface area contributed by atoms with Crippen LogP contribution in [0.1, 0.15) is 50.2 Å². The lowest BCUT2D eigenvalue weighted by Gasteiger charge is -2.36. The van der Waals surface area contributed by atoms with Crippen LogP contribution in [0.15, 0.2) is 24.3 Å². The number of imide groups is 1. The standard InChI is InChI=1S/C19H27N3O2/c1-3-15(12-14-6-4-13(2)5-7-14)20-16-8-10-19(11-9-16)17(23)21-18(24)22-19/h4-7,15-16,20H,3,8-12H2,1-2H3,(H2,21,22,23,24). The van der Waals surface area contributed by atoms with Crippen LogP contribution in [-0.2, 0) is 11.2 Å². The van der Waals surface area contributed by atoms with Crippen molar-refractivity contribution in [1.82, 2.24) is 16.0 Å². The van der Waals surface area contributed by atoms with E-state index in [0.717, 1.165) is 25.7 Å². The monoisotopic (exact) mass is 329 g/mol. The Labute approximate surface area is 143 Å². The molecular weight excluding hydrogens is 302 g/mol. The largest absolute Gasteiger partial charge is 0.323 e. The van der Waals surface area contributed by atoms with Gasteiger partial charge in [0.15, 0.2) is 0 Å². The maximum absolute atomic E-state index is 12.0. The lowest BCUT2D eigenvalue weighted by Crippen LogP contribution is -2.53. The molecule has 0 radical (unpaired) electrons. The predicted octanol–water partition coefficient (Wildman–Crippen LogP) is 2.43. The van der Waals surface area contributed by atoms with Crippen LogP contribution in [0.2, 0.25) is 0 Å². The van der Waals surface area contributed by atoms with E-state index >= 15 is 0 Å². The van der Waals surface area contributed by atoms with Gasteiger partial charge in [-0.05, 0) is 51.0 Å². The van der Waals surface area contributed by atoms with Gasteiger partial charge in [0.25, 0.3) is 5.91 Å². The highest BCUT2D eigenvalue weighted by molar-refractivity contribution is 6.07. The minimum atomic E-state index is -0.659. The van der Waals surface area contributed by atoms with Gasteiger partial charge in [-0.15, -0.1) is 0 Å². The number of amides is 3. The Bertz CT molecular complexity index is 604. The third-order valence-corrected chi connectivity index (χ3v) is 5.42. The minimum Gasteiger partial charge on any atom is -0.323 e. The van der Waals surface area contributed by atoms with E-state index in [1.165, 1.54) is 11.1 Å². The van der Waals surface area contributed by atoms with Crippen LogP contribution in [0.4, 0.5) is 4.79 Å². The third kappa shape index (κ3) is 3.61. The van der Waals surface area contributed by atoms with Crippen LogP contribution in [0.25, 0.3) is 0 Å². The molecule has 1 aliphatic heterocycles.